The fourth-order valence-corrected chi connectivity index (χ4v) is 2.39. The fraction of sp³-hybridized carbons (Fsp3) is 0.167. The van der Waals surface area contributed by atoms with Gasteiger partial charge in [-0.25, -0.2) is 4.98 Å². The van der Waals surface area contributed by atoms with E-state index in [2.05, 4.69) is 11.1 Å². The monoisotopic (exact) mass is 278 g/mol. The van der Waals surface area contributed by atoms with Crippen molar-refractivity contribution in [1.82, 2.24) is 4.98 Å². The van der Waals surface area contributed by atoms with Gasteiger partial charge < -0.3 is 10.5 Å². The summed E-state index contributed by atoms with van der Waals surface area (Å²) in [7, 11) is 0. The molecule has 21 heavy (non-hydrogen) atoms. The van der Waals surface area contributed by atoms with Crippen LogP contribution in [0.15, 0.2) is 48.5 Å². The summed E-state index contributed by atoms with van der Waals surface area (Å²) < 4.78 is 6.02. The maximum atomic E-state index is 6.02. The molecule has 0 spiro atoms. The van der Waals surface area contributed by atoms with Gasteiger partial charge in [0.2, 0.25) is 0 Å². The van der Waals surface area contributed by atoms with E-state index in [1.54, 1.807) is 0 Å². The molecule has 3 nitrogen and oxygen atoms in total. The predicted octanol–water partition coefficient (Wildman–Crippen LogP) is 4.10. The normalized spacial score (nSPS) is 10.8. The van der Waals surface area contributed by atoms with Crippen LogP contribution in [-0.4, -0.2) is 4.98 Å². The molecule has 1 heterocycles. The number of nitrogens with two attached hydrogens (primary N) is 1. The van der Waals surface area contributed by atoms with E-state index in [0.29, 0.717) is 6.54 Å². The third-order valence-corrected chi connectivity index (χ3v) is 3.58. The summed E-state index contributed by atoms with van der Waals surface area (Å²) in [6, 6.07) is 16.0. The number of rotatable bonds is 3. The van der Waals surface area contributed by atoms with Crippen LogP contribution in [0, 0.1) is 13.8 Å². The Kier molecular flexibility index (Phi) is 3.59. The highest BCUT2D eigenvalue weighted by Gasteiger charge is 2.06. The van der Waals surface area contributed by atoms with Gasteiger partial charge in [-0.1, -0.05) is 24.3 Å². The Labute approximate surface area is 124 Å². The summed E-state index contributed by atoms with van der Waals surface area (Å²) in [5, 5.41) is 1.08. The molecule has 3 aromatic rings. The maximum Gasteiger partial charge on any atom is 0.153 e. The second-order valence-corrected chi connectivity index (χ2v) is 5.17. The van der Waals surface area contributed by atoms with Gasteiger partial charge in [0, 0.05) is 17.6 Å². The molecule has 2 N–H and O–H groups in total. The van der Waals surface area contributed by atoms with Crippen molar-refractivity contribution >= 4 is 10.9 Å². The zero-order chi connectivity index (χ0) is 14.8. The Morgan fingerprint density at radius 1 is 1.05 bits per heavy atom. The maximum absolute atomic E-state index is 6.02. The molecule has 0 radical (unpaired) electrons. The quantitative estimate of drug-likeness (QED) is 0.784. The lowest BCUT2D eigenvalue weighted by atomic mass is 10.1. The van der Waals surface area contributed by atoms with Crippen LogP contribution in [-0.2, 0) is 6.54 Å². The third kappa shape index (κ3) is 2.73. The first-order valence-electron chi connectivity index (χ1n) is 7.01. The van der Waals surface area contributed by atoms with Crippen LogP contribution in [0.2, 0.25) is 0 Å². The van der Waals surface area contributed by atoms with Gasteiger partial charge in [-0.05, 0) is 49.2 Å². The molecular weight excluding hydrogens is 260 g/mol. The molecule has 0 aliphatic carbocycles. The van der Waals surface area contributed by atoms with Gasteiger partial charge in [-0.15, -0.1) is 0 Å². The number of ether oxygens (including phenoxy) is 1. The first kappa shape index (κ1) is 13.6. The first-order chi connectivity index (χ1) is 10.2. The molecule has 0 saturated carbocycles. The summed E-state index contributed by atoms with van der Waals surface area (Å²) in [6.07, 6.45) is 0. The van der Waals surface area contributed by atoms with Crippen LogP contribution in [0.4, 0.5) is 0 Å². The molecule has 1 aromatic heterocycles. The number of hydrogen-bond donors (Lipinski definition) is 1. The van der Waals surface area contributed by atoms with E-state index in [1.165, 1.54) is 0 Å². The Bertz CT molecular complexity index is 796. The zero-order valence-corrected chi connectivity index (χ0v) is 12.3. The van der Waals surface area contributed by atoms with Crippen LogP contribution >= 0.6 is 0 Å². The third-order valence-electron chi connectivity index (χ3n) is 3.58. The topological polar surface area (TPSA) is 48.1 Å². The Morgan fingerprint density at radius 3 is 2.67 bits per heavy atom. The van der Waals surface area contributed by atoms with Gasteiger partial charge in [-0.2, -0.15) is 0 Å². The van der Waals surface area contributed by atoms with E-state index >= 15 is 0 Å². The minimum Gasteiger partial charge on any atom is -0.455 e. The second kappa shape index (κ2) is 5.54. The van der Waals surface area contributed by atoms with Gasteiger partial charge in [-0.3, -0.25) is 0 Å². The van der Waals surface area contributed by atoms with Gasteiger partial charge in [0.05, 0.1) is 0 Å². The average molecular weight is 278 g/mol. The van der Waals surface area contributed by atoms with E-state index in [1.807, 2.05) is 56.3 Å². The SMILES string of the molecule is Cc1ccc2cccc(Oc3ccc(CN)c(C)c3)c2n1. The average Bonchev–Trinajstić information content (AvgIpc) is 2.48. The number of para-hydroxylation sites is 1. The summed E-state index contributed by atoms with van der Waals surface area (Å²) in [5.41, 5.74) is 9.83. The van der Waals surface area contributed by atoms with Crippen molar-refractivity contribution in [2.45, 2.75) is 20.4 Å². The van der Waals surface area contributed by atoms with Crippen LogP contribution in [0.5, 0.6) is 11.5 Å². The number of fused-ring (bicyclic) bond motifs is 1. The van der Waals surface area contributed by atoms with E-state index in [0.717, 1.165) is 39.2 Å². The molecule has 2 aromatic carbocycles. The molecule has 3 rings (SSSR count). The number of pyridine rings is 1. The van der Waals surface area contributed by atoms with Crippen molar-refractivity contribution < 1.29 is 4.74 Å². The molecule has 0 atom stereocenters. The second-order valence-electron chi connectivity index (χ2n) is 5.17. The highest BCUT2D eigenvalue weighted by Crippen LogP contribution is 2.29. The van der Waals surface area contributed by atoms with Crippen molar-refractivity contribution in [2.75, 3.05) is 0 Å². The van der Waals surface area contributed by atoms with Gasteiger partial charge in [0.15, 0.2) is 5.75 Å². The predicted molar refractivity (Wildman–Crippen MR) is 85.6 cm³/mol. The highest BCUT2D eigenvalue weighted by molar-refractivity contribution is 5.84. The summed E-state index contributed by atoms with van der Waals surface area (Å²) in [6.45, 7) is 4.57. The van der Waals surface area contributed by atoms with Gasteiger partial charge in [0.1, 0.15) is 11.3 Å². The number of aryl methyl sites for hydroxylation is 2. The number of hydrogen-bond acceptors (Lipinski definition) is 3. The molecule has 0 bridgehead atoms. The van der Waals surface area contributed by atoms with Crippen molar-refractivity contribution in [3.05, 3.63) is 65.4 Å². The lowest BCUT2D eigenvalue weighted by Gasteiger charge is -2.11. The van der Waals surface area contributed by atoms with Crippen LogP contribution in [0.3, 0.4) is 0 Å². The number of nitrogens with zero attached hydrogens (tertiary/aromatic N) is 1. The Morgan fingerprint density at radius 2 is 1.90 bits per heavy atom. The Hall–Kier alpha value is -2.39. The van der Waals surface area contributed by atoms with Crippen LogP contribution in [0.25, 0.3) is 10.9 Å². The first-order valence-corrected chi connectivity index (χ1v) is 7.01. The zero-order valence-electron chi connectivity index (χ0n) is 12.3. The summed E-state index contributed by atoms with van der Waals surface area (Å²) >= 11 is 0. The minimum atomic E-state index is 0.543. The van der Waals surface area contributed by atoms with Crippen LogP contribution in [0.1, 0.15) is 16.8 Å². The van der Waals surface area contributed by atoms with Crippen LogP contribution < -0.4 is 10.5 Å². The standard InChI is InChI=1S/C18H18N2O/c1-12-10-16(9-8-15(12)11-19)21-17-5-3-4-14-7-6-13(2)20-18(14)17/h3-10H,11,19H2,1-2H3. The number of benzene rings is 2. The van der Waals surface area contributed by atoms with E-state index in [4.69, 9.17) is 10.5 Å². The molecule has 0 fully saturated rings. The lowest BCUT2D eigenvalue weighted by Crippen LogP contribution is -1.99. The molecule has 3 heteroatoms. The molecular formula is C18H18N2O. The van der Waals surface area contributed by atoms with Crippen molar-refractivity contribution in [1.29, 1.82) is 0 Å². The van der Waals surface area contributed by atoms with E-state index in [-0.39, 0.29) is 0 Å². The summed E-state index contributed by atoms with van der Waals surface area (Å²) in [4.78, 5) is 4.58. The molecule has 0 unspecified atom stereocenters. The number of aromatic nitrogens is 1. The van der Waals surface area contributed by atoms with Crippen molar-refractivity contribution in [2.24, 2.45) is 5.73 Å². The van der Waals surface area contributed by atoms with Crippen molar-refractivity contribution in [3.8, 4) is 11.5 Å². The van der Waals surface area contributed by atoms with Gasteiger partial charge in [0.25, 0.3) is 0 Å². The van der Waals surface area contributed by atoms with Crippen molar-refractivity contribution in [3.63, 3.8) is 0 Å². The largest absolute Gasteiger partial charge is 0.455 e. The molecule has 0 amide bonds. The molecule has 0 saturated heterocycles. The molecule has 0 aliphatic heterocycles. The smallest absolute Gasteiger partial charge is 0.153 e. The summed E-state index contributed by atoms with van der Waals surface area (Å²) in [5.74, 6) is 1.58. The molecule has 106 valence electrons. The van der Waals surface area contributed by atoms with E-state index < -0.39 is 0 Å². The minimum absolute atomic E-state index is 0.543. The lowest BCUT2D eigenvalue weighted by molar-refractivity contribution is 0.486. The Balaban J connectivity index is 2.01. The highest BCUT2D eigenvalue weighted by atomic mass is 16.5. The van der Waals surface area contributed by atoms with Gasteiger partial charge >= 0.3 is 0 Å². The fourth-order valence-electron chi connectivity index (χ4n) is 2.39. The van der Waals surface area contributed by atoms with E-state index in [9.17, 15) is 0 Å². The molecule has 0 aliphatic rings.